The lowest BCUT2D eigenvalue weighted by atomic mass is 10.1. The van der Waals surface area contributed by atoms with Crippen molar-refractivity contribution in [3.8, 4) is 0 Å². The predicted molar refractivity (Wildman–Crippen MR) is 175 cm³/mol. The third-order valence-corrected chi connectivity index (χ3v) is 9.25. The predicted octanol–water partition coefficient (Wildman–Crippen LogP) is 1.02. The number of β-amino-alcohol motifs (C(OH)–C–C–N with tert-alkyl or cyclic N) is 1. The topological polar surface area (TPSA) is 67.5 Å². The SMILES string of the molecule is CCN1CCN(C)CC1.CN1CC(O)C1.CN1CCC(O)CC1.CN1CCN(C2CC2)CC1.[C-]#[N+]C1CCN(C)CC1. The van der Waals surface area contributed by atoms with Crippen LogP contribution < -0.4 is 0 Å². The molecular weight excluding hydrogens is 528 g/mol. The van der Waals surface area contributed by atoms with Gasteiger partial charge in [-0.15, -0.1) is 0 Å². The van der Waals surface area contributed by atoms with E-state index < -0.39 is 0 Å². The van der Waals surface area contributed by atoms with Crippen molar-refractivity contribution in [1.29, 1.82) is 0 Å². The molecule has 2 N–H and O–H groups in total. The van der Waals surface area contributed by atoms with Gasteiger partial charge in [0.25, 0.3) is 0 Å². The number of aliphatic hydroxyl groups is 2. The van der Waals surface area contributed by atoms with Crippen molar-refractivity contribution in [3.05, 3.63) is 11.4 Å². The summed E-state index contributed by atoms with van der Waals surface area (Å²) in [5, 5.41) is 17.6. The van der Waals surface area contributed by atoms with Gasteiger partial charge in [-0.05, 0) is 67.5 Å². The van der Waals surface area contributed by atoms with E-state index in [-0.39, 0.29) is 12.2 Å². The Morgan fingerprint density at radius 3 is 1.31 bits per heavy atom. The van der Waals surface area contributed by atoms with E-state index in [4.69, 9.17) is 16.8 Å². The van der Waals surface area contributed by atoms with Crippen molar-refractivity contribution in [2.75, 3.05) is 133 Å². The Kier molecular flexibility index (Phi) is 18.6. The molecule has 0 aromatic rings. The highest BCUT2D eigenvalue weighted by molar-refractivity contribution is 4.87. The quantitative estimate of drug-likeness (QED) is 0.456. The first-order chi connectivity index (χ1) is 20.1. The highest BCUT2D eigenvalue weighted by Crippen LogP contribution is 2.27. The zero-order valence-corrected chi connectivity index (χ0v) is 28.1. The van der Waals surface area contributed by atoms with Crippen LogP contribution >= 0.6 is 0 Å². The maximum absolute atomic E-state index is 9.00. The number of aliphatic hydroxyl groups excluding tert-OH is 2. The van der Waals surface area contributed by atoms with Gasteiger partial charge in [0.15, 0.2) is 0 Å². The maximum Gasteiger partial charge on any atom is 0.226 e. The Morgan fingerprint density at radius 1 is 0.548 bits per heavy atom. The summed E-state index contributed by atoms with van der Waals surface area (Å²) < 4.78 is 0. The lowest BCUT2D eigenvalue weighted by Crippen LogP contribution is -2.47. The fourth-order valence-corrected chi connectivity index (χ4v) is 5.58. The zero-order chi connectivity index (χ0) is 30.9. The van der Waals surface area contributed by atoms with E-state index in [0.717, 1.165) is 71.0 Å². The molecule has 6 fully saturated rings. The Bertz CT molecular complexity index is 682. The van der Waals surface area contributed by atoms with Crippen molar-refractivity contribution in [1.82, 2.24) is 34.3 Å². The molecule has 0 spiro atoms. The van der Waals surface area contributed by atoms with Gasteiger partial charge in [0.2, 0.25) is 6.04 Å². The van der Waals surface area contributed by atoms with Crippen LogP contribution in [0.4, 0.5) is 0 Å². The molecule has 42 heavy (non-hydrogen) atoms. The van der Waals surface area contributed by atoms with E-state index >= 15 is 0 Å². The molecule has 0 aromatic heterocycles. The van der Waals surface area contributed by atoms with E-state index in [1.54, 1.807) is 0 Å². The fraction of sp³-hybridized carbons (Fsp3) is 0.969. The number of likely N-dealkylation sites (N-methyl/N-ethyl adjacent to an activating group) is 4. The van der Waals surface area contributed by atoms with Crippen molar-refractivity contribution >= 4 is 0 Å². The monoisotopic (exact) mass is 595 g/mol. The van der Waals surface area contributed by atoms with Gasteiger partial charge in [-0.3, -0.25) is 4.90 Å². The highest BCUT2D eigenvalue weighted by Gasteiger charge is 2.30. The minimum atomic E-state index is -0.0324. The van der Waals surface area contributed by atoms with Gasteiger partial charge < -0.3 is 44.5 Å². The molecule has 10 nitrogen and oxygen atoms in total. The summed E-state index contributed by atoms with van der Waals surface area (Å²) in [7, 11) is 10.6. The minimum absolute atomic E-state index is 0.0220. The summed E-state index contributed by atoms with van der Waals surface area (Å²) in [6, 6.07) is 1.30. The first-order valence-electron chi connectivity index (χ1n) is 16.7. The standard InChI is InChI=1S/C8H16N2.C7H12N2.C7H16N2.C6H13NO.C4H9NO/c1-9-4-6-10(7-5-9)8-2-3-8;1-8-7-3-5-9(2)6-4-7;1-3-9-6-4-8(2)5-7-9;1-7-4-2-6(8)3-5-7;1-5-2-4(6)3-5/h8H,2-7H2,1H3;7H,3-6H2,2H3;3-7H2,1-2H3;6,8H,2-5H2,1H3;4,6H,2-3H2,1H3. The van der Waals surface area contributed by atoms with Gasteiger partial charge >= 0.3 is 0 Å². The number of piperazine rings is 2. The van der Waals surface area contributed by atoms with Crippen LogP contribution in [0.3, 0.4) is 0 Å². The van der Waals surface area contributed by atoms with Gasteiger partial charge in [0, 0.05) is 111 Å². The first kappa shape index (κ1) is 37.3. The van der Waals surface area contributed by atoms with Crippen LogP contribution in [-0.2, 0) is 0 Å². The number of hydrogen-bond acceptors (Lipinski definition) is 9. The number of likely N-dealkylation sites (tertiary alicyclic amines) is 3. The summed E-state index contributed by atoms with van der Waals surface area (Å²) in [5.74, 6) is 0. The Balaban J connectivity index is 0.000000185. The second-order valence-corrected chi connectivity index (χ2v) is 13.4. The summed E-state index contributed by atoms with van der Waals surface area (Å²) in [4.78, 5) is 20.0. The summed E-state index contributed by atoms with van der Waals surface area (Å²) in [6.45, 7) is 26.4. The average molecular weight is 595 g/mol. The summed E-state index contributed by atoms with van der Waals surface area (Å²) in [5.41, 5.74) is 0. The summed E-state index contributed by atoms with van der Waals surface area (Å²) >= 11 is 0. The average Bonchev–Trinajstić information content (AvgIpc) is 3.83. The molecule has 0 atom stereocenters. The molecule has 5 heterocycles. The van der Waals surface area contributed by atoms with Crippen LogP contribution in [0.1, 0.15) is 45.4 Å². The van der Waals surface area contributed by atoms with Crippen LogP contribution in [0.25, 0.3) is 4.85 Å². The fourth-order valence-electron chi connectivity index (χ4n) is 5.58. The van der Waals surface area contributed by atoms with Gasteiger partial charge in [-0.2, -0.15) is 0 Å². The van der Waals surface area contributed by atoms with Crippen molar-refractivity contribution in [3.63, 3.8) is 0 Å². The molecule has 0 amide bonds. The van der Waals surface area contributed by atoms with Gasteiger partial charge in [0.05, 0.1) is 12.2 Å². The van der Waals surface area contributed by atoms with Crippen molar-refractivity contribution in [2.45, 2.75) is 69.7 Å². The van der Waals surface area contributed by atoms with E-state index in [9.17, 15) is 0 Å². The van der Waals surface area contributed by atoms with Crippen molar-refractivity contribution < 1.29 is 10.2 Å². The molecule has 0 aromatic carbocycles. The van der Waals surface area contributed by atoms with Crippen molar-refractivity contribution in [2.24, 2.45) is 0 Å². The van der Waals surface area contributed by atoms with Gasteiger partial charge in [-0.25, -0.2) is 6.57 Å². The smallest absolute Gasteiger partial charge is 0.226 e. The van der Waals surface area contributed by atoms with Crippen LogP contribution in [-0.4, -0.2) is 202 Å². The maximum atomic E-state index is 9.00. The molecule has 0 bridgehead atoms. The molecule has 6 aliphatic rings. The molecule has 5 saturated heterocycles. The third kappa shape index (κ3) is 16.8. The lowest BCUT2D eigenvalue weighted by molar-refractivity contribution is 0.0196. The van der Waals surface area contributed by atoms with Gasteiger partial charge in [-0.1, -0.05) is 6.92 Å². The van der Waals surface area contributed by atoms with E-state index in [1.165, 1.54) is 71.7 Å². The van der Waals surface area contributed by atoms with Crippen LogP contribution in [0.15, 0.2) is 0 Å². The van der Waals surface area contributed by atoms with E-state index in [1.807, 2.05) is 7.05 Å². The van der Waals surface area contributed by atoms with E-state index in [2.05, 4.69) is 74.3 Å². The molecule has 1 saturated carbocycles. The first-order valence-corrected chi connectivity index (χ1v) is 16.7. The minimum Gasteiger partial charge on any atom is -0.393 e. The van der Waals surface area contributed by atoms with Crippen LogP contribution in [0.5, 0.6) is 0 Å². The van der Waals surface area contributed by atoms with Gasteiger partial charge in [0.1, 0.15) is 0 Å². The number of piperidine rings is 2. The number of nitrogens with zero attached hydrogens (tertiary/aromatic N) is 8. The third-order valence-electron chi connectivity index (χ3n) is 9.25. The molecule has 246 valence electrons. The Morgan fingerprint density at radius 2 is 0.976 bits per heavy atom. The second-order valence-electron chi connectivity index (χ2n) is 13.4. The molecule has 0 radical (unpaired) electrons. The molecule has 10 heteroatoms. The molecule has 6 rings (SSSR count). The Hall–Kier alpha value is -0.870. The zero-order valence-electron chi connectivity index (χ0n) is 28.1. The van der Waals surface area contributed by atoms with Crippen LogP contribution in [0, 0.1) is 6.57 Å². The van der Waals surface area contributed by atoms with Crippen LogP contribution in [0.2, 0.25) is 0 Å². The molecule has 1 aliphatic carbocycles. The largest absolute Gasteiger partial charge is 0.393 e. The highest BCUT2D eigenvalue weighted by atomic mass is 16.3. The number of hydrogen-bond donors (Lipinski definition) is 2. The summed E-state index contributed by atoms with van der Waals surface area (Å²) in [6.07, 6.45) is 6.92. The molecule has 5 aliphatic heterocycles. The number of rotatable bonds is 2. The lowest BCUT2D eigenvalue weighted by Gasteiger charge is -2.32. The van der Waals surface area contributed by atoms with E-state index in [0.29, 0.717) is 6.04 Å². The normalized spacial score (nSPS) is 26.5. The second kappa shape index (κ2) is 21.0. The molecular formula is C32H66N8O2. The molecule has 0 unspecified atom stereocenters. The Labute approximate surface area is 259 Å².